The van der Waals surface area contributed by atoms with Gasteiger partial charge in [0.1, 0.15) is 49.8 Å². The van der Waals surface area contributed by atoms with E-state index in [0.29, 0.717) is 22.7 Å². The van der Waals surface area contributed by atoms with Crippen LogP contribution in [0.25, 0.3) is 33.4 Å². The molecule has 2 N–H and O–H groups in total. The molecule has 0 aliphatic rings. The first-order chi connectivity index (χ1) is 30.3. The minimum Gasteiger partial charge on any atom is -0.506 e. The van der Waals surface area contributed by atoms with Gasteiger partial charge >= 0.3 is 11.9 Å². The number of aromatic hydroxyl groups is 1. The van der Waals surface area contributed by atoms with E-state index >= 15 is 0 Å². The number of carbonyl (C=O) groups excluding carboxylic acids is 1. The van der Waals surface area contributed by atoms with E-state index in [1.807, 2.05) is 84.9 Å². The number of methoxy groups -OCH3 is 1. The van der Waals surface area contributed by atoms with E-state index in [1.54, 1.807) is 48.5 Å². The van der Waals surface area contributed by atoms with Gasteiger partial charge in [-0.05, 0) is 88.2 Å². The molecule has 2 heterocycles. The molecule has 0 aliphatic carbocycles. The summed E-state index contributed by atoms with van der Waals surface area (Å²) in [7, 11) is 1.39. The van der Waals surface area contributed by atoms with Crippen molar-refractivity contribution in [2.45, 2.75) is 78.2 Å². The lowest BCUT2D eigenvalue weighted by Gasteiger charge is -2.21. The van der Waals surface area contributed by atoms with Crippen LogP contribution in [0.4, 0.5) is 0 Å². The van der Waals surface area contributed by atoms with Gasteiger partial charge in [-0.25, -0.2) is 4.79 Å². The maximum atomic E-state index is 12.1. The van der Waals surface area contributed by atoms with Gasteiger partial charge in [0.15, 0.2) is 0 Å². The highest BCUT2D eigenvalue weighted by molar-refractivity contribution is 9.10. The molecule has 0 radical (unpaired) electrons. The molecule has 6 aromatic carbocycles. The first kappa shape index (κ1) is 52.7. The summed E-state index contributed by atoms with van der Waals surface area (Å²) >= 11 is 10.1. The molecular formula is C51H55Br3N6O6. The average molecular weight is 1090 g/mol. The molecule has 0 spiro atoms. The number of fused-ring (bicyclic) bond motifs is 2. The SMILES string of the molecule is C.C.CC(C)(C)c1ccc(C(Oc2ccc(Br)cc2-n2nc3ccccc3n2)C(=O)O)cc1.COC(=O)C(Br)c1ccc(C(C)(C)C)cc1.Oc1ccc(Br)cc1-n1nc2ccccc2n1. The Labute approximate surface area is 411 Å². The topological polar surface area (TPSA) is 154 Å². The van der Waals surface area contributed by atoms with Crippen molar-refractivity contribution in [1.29, 1.82) is 0 Å². The Balaban J connectivity index is 0.000000232. The molecule has 0 saturated heterocycles. The molecule has 8 rings (SSSR count). The van der Waals surface area contributed by atoms with Gasteiger partial charge in [-0.3, -0.25) is 4.79 Å². The molecule has 15 heteroatoms. The van der Waals surface area contributed by atoms with Crippen LogP contribution in [-0.4, -0.2) is 59.2 Å². The van der Waals surface area contributed by atoms with Gasteiger partial charge in [0, 0.05) is 14.5 Å². The summed E-state index contributed by atoms with van der Waals surface area (Å²) in [6.07, 6.45) is -1.17. The van der Waals surface area contributed by atoms with Gasteiger partial charge in [0.2, 0.25) is 6.10 Å². The van der Waals surface area contributed by atoms with E-state index < -0.39 is 12.1 Å². The third-order valence-corrected chi connectivity index (χ3v) is 11.8. The van der Waals surface area contributed by atoms with Crippen LogP contribution in [0.1, 0.15) is 89.6 Å². The lowest BCUT2D eigenvalue weighted by atomic mass is 9.86. The highest BCUT2D eigenvalue weighted by Gasteiger charge is 2.25. The summed E-state index contributed by atoms with van der Waals surface area (Å²) in [4.78, 5) is 25.9. The number of carbonyl (C=O) groups is 2. The number of ether oxygens (including phenoxy) is 2. The van der Waals surface area contributed by atoms with Gasteiger partial charge in [-0.1, -0.05) is 177 Å². The first-order valence-electron chi connectivity index (χ1n) is 20.1. The molecule has 2 unspecified atom stereocenters. The minimum atomic E-state index is -1.17. The summed E-state index contributed by atoms with van der Waals surface area (Å²) < 4.78 is 12.4. The van der Waals surface area contributed by atoms with Crippen molar-refractivity contribution in [3.05, 3.63) is 165 Å². The summed E-state index contributed by atoms with van der Waals surface area (Å²) in [5.41, 5.74) is 8.13. The lowest BCUT2D eigenvalue weighted by molar-refractivity contribution is -0.145. The number of rotatable bonds is 8. The predicted octanol–water partition coefficient (Wildman–Crippen LogP) is 13.4. The third kappa shape index (κ3) is 13.1. The van der Waals surface area contributed by atoms with Crippen LogP contribution in [0.15, 0.2) is 142 Å². The Morgan fingerprint density at radius 1 is 0.591 bits per heavy atom. The van der Waals surface area contributed by atoms with Crippen molar-refractivity contribution in [2.24, 2.45) is 0 Å². The first-order valence-corrected chi connectivity index (χ1v) is 22.6. The highest BCUT2D eigenvalue weighted by Crippen LogP contribution is 2.33. The molecule has 0 bridgehead atoms. The maximum Gasteiger partial charge on any atom is 0.349 e. The zero-order chi connectivity index (χ0) is 46.3. The highest BCUT2D eigenvalue weighted by atomic mass is 79.9. The van der Waals surface area contributed by atoms with Gasteiger partial charge in [-0.15, -0.1) is 30.0 Å². The quantitative estimate of drug-likeness (QED) is 0.111. The monoisotopic (exact) mass is 1080 g/mol. The van der Waals surface area contributed by atoms with Crippen LogP contribution in [0.2, 0.25) is 0 Å². The molecule has 0 fully saturated rings. The second kappa shape index (κ2) is 22.5. The van der Waals surface area contributed by atoms with Gasteiger partial charge in [0.05, 0.1) is 7.11 Å². The van der Waals surface area contributed by atoms with Gasteiger partial charge in [-0.2, -0.15) is 0 Å². The number of alkyl halides is 1. The molecule has 66 heavy (non-hydrogen) atoms. The van der Waals surface area contributed by atoms with E-state index in [9.17, 15) is 19.8 Å². The second-order valence-corrected chi connectivity index (χ2v) is 19.4. The number of carboxylic acids is 1. The third-order valence-electron chi connectivity index (χ3n) is 9.89. The molecule has 12 nitrogen and oxygen atoms in total. The van der Waals surface area contributed by atoms with Crippen molar-refractivity contribution < 1.29 is 29.3 Å². The number of esters is 1. The second-order valence-electron chi connectivity index (χ2n) is 16.7. The average Bonchev–Trinajstić information content (AvgIpc) is 3.91. The summed E-state index contributed by atoms with van der Waals surface area (Å²) in [6, 6.07) is 41.1. The van der Waals surface area contributed by atoms with Crippen molar-refractivity contribution in [3.63, 3.8) is 0 Å². The fraction of sp³-hybridized carbons (Fsp3) is 0.255. The number of aliphatic carboxylic acids is 1. The molecule has 8 aromatic rings. The van der Waals surface area contributed by atoms with Crippen molar-refractivity contribution in [1.82, 2.24) is 30.0 Å². The van der Waals surface area contributed by atoms with E-state index in [4.69, 9.17) is 4.74 Å². The van der Waals surface area contributed by atoms with Crippen LogP contribution < -0.4 is 4.74 Å². The summed E-state index contributed by atoms with van der Waals surface area (Å²) in [5.74, 6) is -0.830. The zero-order valence-corrected chi connectivity index (χ0v) is 41.0. The standard InChI is InChI=1S/C24H22BrN3O3.C13H17BrO2.C12H8BrN3O.2CH4/c1-24(2,3)16-10-8-15(9-11-16)22(23(29)30)31-21-13-12-17(25)14-20(21)28-26-18-6-4-5-7-19(18)27-28;1-13(2,3)10-7-5-9(6-8-10)11(14)12(15)16-4;13-8-5-6-12(17)11(7-8)16-14-9-3-1-2-4-10(9)15-16;;/h4-14,22H,1-3H3,(H,29,30);5-8,11H,1-4H3;1-7,17H;2*1H4. The van der Waals surface area contributed by atoms with Crippen LogP contribution in [0, 0.1) is 0 Å². The molecule has 0 amide bonds. The number of phenols is 1. The Bertz CT molecular complexity index is 2820. The minimum absolute atomic E-state index is 0. The van der Waals surface area contributed by atoms with Gasteiger partial charge in [0.25, 0.3) is 0 Å². The van der Waals surface area contributed by atoms with E-state index in [1.165, 1.54) is 22.3 Å². The number of aromatic nitrogens is 6. The number of hydrogen-bond acceptors (Lipinski definition) is 9. The lowest BCUT2D eigenvalue weighted by Crippen LogP contribution is -2.20. The van der Waals surface area contributed by atoms with Gasteiger partial charge < -0.3 is 19.7 Å². The maximum absolute atomic E-state index is 12.1. The molecule has 2 atom stereocenters. The van der Waals surface area contributed by atoms with Crippen LogP contribution in [0.3, 0.4) is 0 Å². The largest absolute Gasteiger partial charge is 0.506 e. The normalized spacial score (nSPS) is 12.0. The number of carboxylic acid groups (broad SMARTS) is 1. The number of hydrogen-bond donors (Lipinski definition) is 2. The smallest absolute Gasteiger partial charge is 0.349 e. The van der Waals surface area contributed by atoms with Crippen LogP contribution >= 0.6 is 47.8 Å². The molecule has 0 saturated carbocycles. The number of phenolic OH excluding ortho intramolecular Hbond substituents is 1. The van der Waals surface area contributed by atoms with E-state index in [2.05, 4.69) is 114 Å². The molecule has 0 aliphatic heterocycles. The van der Waals surface area contributed by atoms with E-state index in [-0.39, 0.29) is 42.2 Å². The van der Waals surface area contributed by atoms with Crippen molar-refractivity contribution >= 4 is 81.8 Å². The number of halogens is 3. The number of benzene rings is 6. The van der Waals surface area contributed by atoms with Crippen LogP contribution in [-0.2, 0) is 25.2 Å². The predicted molar refractivity (Wildman–Crippen MR) is 273 cm³/mol. The Morgan fingerprint density at radius 3 is 1.39 bits per heavy atom. The van der Waals surface area contributed by atoms with E-state index in [0.717, 1.165) is 42.1 Å². The zero-order valence-electron chi connectivity index (χ0n) is 36.2. The van der Waals surface area contributed by atoms with Crippen LogP contribution in [0.5, 0.6) is 11.5 Å². The molecule has 346 valence electrons. The fourth-order valence-corrected chi connectivity index (χ4v) is 7.47. The Kier molecular flexibility index (Phi) is 18.0. The molecule has 2 aromatic heterocycles. The van der Waals surface area contributed by atoms with Crippen molar-refractivity contribution in [2.75, 3.05) is 7.11 Å². The fourth-order valence-electron chi connectivity index (χ4n) is 6.28. The van der Waals surface area contributed by atoms with Crippen molar-refractivity contribution in [3.8, 4) is 22.9 Å². The summed E-state index contributed by atoms with van der Waals surface area (Å²) in [6.45, 7) is 12.8. The number of nitrogens with zero attached hydrogens (tertiary/aromatic N) is 6. The summed E-state index contributed by atoms with van der Waals surface area (Å²) in [5, 5.41) is 37.3. The Morgan fingerprint density at radius 2 is 0.985 bits per heavy atom. The Hall–Kier alpha value is -5.90. The molecular weight excluding hydrogens is 1030 g/mol.